The van der Waals surface area contributed by atoms with Crippen LogP contribution in [0.5, 0.6) is 0 Å². The number of hydrogen-bond acceptors (Lipinski definition) is 3. The number of ether oxygens (including phenoxy) is 1. The second-order valence-corrected chi connectivity index (χ2v) is 4.66. The lowest BCUT2D eigenvalue weighted by Crippen LogP contribution is -2.52. The lowest BCUT2D eigenvalue weighted by atomic mass is 9.87. The fourth-order valence-corrected chi connectivity index (χ4v) is 2.41. The maximum atomic E-state index is 12.3. The highest BCUT2D eigenvalue weighted by Gasteiger charge is 2.38. The molecule has 15 heavy (non-hydrogen) atoms. The summed E-state index contributed by atoms with van der Waals surface area (Å²) in [5, 5.41) is 0. The van der Waals surface area contributed by atoms with E-state index in [0.717, 1.165) is 26.1 Å². The van der Waals surface area contributed by atoms with Crippen molar-refractivity contribution in [2.24, 2.45) is 5.92 Å². The van der Waals surface area contributed by atoms with Crippen LogP contribution in [0.25, 0.3) is 0 Å². The van der Waals surface area contributed by atoms with E-state index in [1.54, 1.807) is 0 Å². The van der Waals surface area contributed by atoms with Gasteiger partial charge in [-0.15, -0.1) is 0 Å². The molecule has 1 rings (SSSR count). The van der Waals surface area contributed by atoms with E-state index in [0.29, 0.717) is 12.4 Å². The number of hydrogen-bond donors (Lipinski definition) is 0. The molecule has 0 aliphatic carbocycles. The molecule has 1 atom stereocenters. The highest BCUT2D eigenvalue weighted by Crippen LogP contribution is 2.24. The first-order chi connectivity index (χ1) is 7.04. The highest BCUT2D eigenvalue weighted by molar-refractivity contribution is 5.90. The average molecular weight is 213 g/mol. The lowest BCUT2D eigenvalue weighted by molar-refractivity contribution is -0.133. The zero-order valence-corrected chi connectivity index (χ0v) is 10.4. The molecule has 1 saturated heterocycles. The van der Waals surface area contributed by atoms with Crippen molar-refractivity contribution in [3.63, 3.8) is 0 Å². The van der Waals surface area contributed by atoms with E-state index in [-0.39, 0.29) is 11.5 Å². The van der Waals surface area contributed by atoms with Crippen molar-refractivity contribution in [3.05, 3.63) is 0 Å². The molecule has 0 bridgehead atoms. The van der Waals surface area contributed by atoms with Crippen molar-refractivity contribution < 1.29 is 9.53 Å². The van der Waals surface area contributed by atoms with Crippen LogP contribution in [0.4, 0.5) is 0 Å². The Labute approximate surface area is 92.8 Å². The number of carbonyl (C=O) groups is 1. The van der Waals surface area contributed by atoms with Gasteiger partial charge in [0.15, 0.2) is 5.78 Å². The van der Waals surface area contributed by atoms with Gasteiger partial charge < -0.3 is 4.74 Å². The molecule has 0 aromatic carbocycles. The molecule has 0 radical (unpaired) electrons. The molecule has 1 fully saturated rings. The first kappa shape index (κ1) is 12.7. The summed E-state index contributed by atoms with van der Waals surface area (Å²) in [6.45, 7) is 11.5. The summed E-state index contributed by atoms with van der Waals surface area (Å²) >= 11 is 0. The van der Waals surface area contributed by atoms with Gasteiger partial charge in [-0.05, 0) is 33.4 Å². The van der Waals surface area contributed by atoms with Crippen LogP contribution in [-0.4, -0.2) is 42.5 Å². The minimum atomic E-state index is -0.345. The summed E-state index contributed by atoms with van der Waals surface area (Å²) in [5.41, 5.74) is -0.345. The molecule has 0 aromatic rings. The first-order valence-electron chi connectivity index (χ1n) is 5.91. The van der Waals surface area contributed by atoms with E-state index in [1.807, 2.05) is 13.8 Å². The van der Waals surface area contributed by atoms with E-state index in [4.69, 9.17) is 4.74 Å². The second-order valence-electron chi connectivity index (χ2n) is 4.66. The Hall–Kier alpha value is -0.410. The SMILES string of the molecule is CCN(CC)C(C)(C)C(=O)C1CCOC1. The Kier molecular flexibility index (Phi) is 4.29. The van der Waals surface area contributed by atoms with Crippen LogP contribution in [0.15, 0.2) is 0 Å². The van der Waals surface area contributed by atoms with Crippen LogP contribution in [-0.2, 0) is 9.53 Å². The van der Waals surface area contributed by atoms with E-state index in [2.05, 4.69) is 18.7 Å². The van der Waals surface area contributed by atoms with Gasteiger partial charge in [0.05, 0.1) is 12.1 Å². The predicted molar refractivity (Wildman–Crippen MR) is 60.9 cm³/mol. The van der Waals surface area contributed by atoms with E-state index < -0.39 is 0 Å². The Morgan fingerprint density at radius 2 is 2.00 bits per heavy atom. The van der Waals surface area contributed by atoms with Gasteiger partial charge in [-0.3, -0.25) is 9.69 Å². The van der Waals surface area contributed by atoms with E-state index in [9.17, 15) is 4.79 Å². The summed E-state index contributed by atoms with van der Waals surface area (Å²) in [5.74, 6) is 0.448. The van der Waals surface area contributed by atoms with Gasteiger partial charge in [0.25, 0.3) is 0 Å². The van der Waals surface area contributed by atoms with Crippen LogP contribution >= 0.6 is 0 Å². The molecule has 0 spiro atoms. The molecule has 0 saturated carbocycles. The van der Waals surface area contributed by atoms with Gasteiger partial charge >= 0.3 is 0 Å². The molecule has 1 aliphatic rings. The fraction of sp³-hybridized carbons (Fsp3) is 0.917. The fourth-order valence-electron chi connectivity index (χ4n) is 2.41. The maximum Gasteiger partial charge on any atom is 0.157 e. The number of ketones is 1. The van der Waals surface area contributed by atoms with Crippen molar-refractivity contribution in [1.82, 2.24) is 4.90 Å². The number of nitrogens with zero attached hydrogens (tertiary/aromatic N) is 1. The summed E-state index contributed by atoms with van der Waals surface area (Å²) in [6.07, 6.45) is 0.892. The van der Waals surface area contributed by atoms with Crippen molar-refractivity contribution in [1.29, 1.82) is 0 Å². The third-order valence-corrected chi connectivity index (χ3v) is 3.46. The quantitative estimate of drug-likeness (QED) is 0.696. The van der Waals surface area contributed by atoms with Crippen molar-refractivity contribution in [2.45, 2.75) is 39.7 Å². The molecule has 1 aliphatic heterocycles. The van der Waals surface area contributed by atoms with Gasteiger partial charge in [-0.2, -0.15) is 0 Å². The van der Waals surface area contributed by atoms with Crippen LogP contribution in [0.3, 0.4) is 0 Å². The van der Waals surface area contributed by atoms with Crippen molar-refractivity contribution >= 4 is 5.78 Å². The zero-order valence-electron chi connectivity index (χ0n) is 10.4. The molecular formula is C12H23NO2. The Morgan fingerprint density at radius 3 is 2.40 bits per heavy atom. The molecule has 3 nitrogen and oxygen atoms in total. The van der Waals surface area contributed by atoms with Gasteiger partial charge in [-0.1, -0.05) is 13.8 Å². The monoisotopic (exact) mass is 213 g/mol. The van der Waals surface area contributed by atoms with Crippen LogP contribution in [0.1, 0.15) is 34.1 Å². The first-order valence-corrected chi connectivity index (χ1v) is 5.91. The highest BCUT2D eigenvalue weighted by atomic mass is 16.5. The van der Waals surface area contributed by atoms with E-state index >= 15 is 0 Å². The van der Waals surface area contributed by atoms with Gasteiger partial charge in [-0.25, -0.2) is 0 Å². The number of Topliss-reactive ketones (excluding diaryl/α,β-unsaturated/α-hetero) is 1. The van der Waals surface area contributed by atoms with Crippen LogP contribution < -0.4 is 0 Å². The Bertz CT molecular complexity index is 216. The maximum absolute atomic E-state index is 12.3. The smallest absolute Gasteiger partial charge is 0.157 e. The van der Waals surface area contributed by atoms with Gasteiger partial charge in [0.2, 0.25) is 0 Å². The lowest BCUT2D eigenvalue weighted by Gasteiger charge is -2.37. The van der Waals surface area contributed by atoms with E-state index in [1.165, 1.54) is 0 Å². The molecule has 1 unspecified atom stereocenters. The largest absolute Gasteiger partial charge is 0.381 e. The number of carbonyl (C=O) groups excluding carboxylic acids is 1. The predicted octanol–water partition coefficient (Wildman–Crippen LogP) is 1.71. The molecule has 0 amide bonds. The van der Waals surface area contributed by atoms with Gasteiger partial charge in [0.1, 0.15) is 0 Å². The van der Waals surface area contributed by atoms with Crippen LogP contribution in [0.2, 0.25) is 0 Å². The van der Waals surface area contributed by atoms with Crippen molar-refractivity contribution in [2.75, 3.05) is 26.3 Å². The summed E-state index contributed by atoms with van der Waals surface area (Å²) in [7, 11) is 0. The third-order valence-electron chi connectivity index (χ3n) is 3.46. The molecular weight excluding hydrogens is 190 g/mol. The van der Waals surface area contributed by atoms with Gasteiger partial charge in [0, 0.05) is 12.5 Å². The molecule has 88 valence electrons. The molecule has 0 N–H and O–H groups in total. The number of rotatable bonds is 5. The zero-order chi connectivity index (χ0) is 11.5. The normalized spacial score (nSPS) is 22.3. The minimum absolute atomic E-state index is 0.112. The molecule has 1 heterocycles. The Morgan fingerprint density at radius 1 is 1.40 bits per heavy atom. The minimum Gasteiger partial charge on any atom is -0.381 e. The third kappa shape index (κ3) is 2.58. The summed E-state index contributed by atoms with van der Waals surface area (Å²) in [6, 6.07) is 0. The summed E-state index contributed by atoms with van der Waals surface area (Å²) in [4.78, 5) is 14.5. The van der Waals surface area contributed by atoms with Crippen LogP contribution in [0, 0.1) is 5.92 Å². The number of likely N-dealkylation sites (N-methyl/N-ethyl adjacent to an activating group) is 1. The topological polar surface area (TPSA) is 29.5 Å². The Balaban J connectivity index is 2.69. The summed E-state index contributed by atoms with van der Waals surface area (Å²) < 4.78 is 5.28. The second kappa shape index (κ2) is 5.08. The van der Waals surface area contributed by atoms with Crippen molar-refractivity contribution in [3.8, 4) is 0 Å². The standard InChI is InChI=1S/C12H23NO2/c1-5-13(6-2)12(3,4)11(14)10-7-8-15-9-10/h10H,5-9H2,1-4H3. The average Bonchev–Trinajstić information content (AvgIpc) is 2.70. The molecule has 3 heteroatoms. The molecule has 0 aromatic heterocycles.